The zero-order valence-corrected chi connectivity index (χ0v) is 10.1. The van der Waals surface area contributed by atoms with Crippen LogP contribution >= 0.6 is 0 Å². The predicted molar refractivity (Wildman–Crippen MR) is 72.8 cm³/mol. The predicted octanol–water partition coefficient (Wildman–Crippen LogP) is 2.63. The first-order valence-electron chi connectivity index (χ1n) is 5.68. The van der Waals surface area contributed by atoms with Crippen LogP contribution in [0.5, 0.6) is 0 Å². The van der Waals surface area contributed by atoms with Gasteiger partial charge in [-0.1, -0.05) is 12.1 Å². The van der Waals surface area contributed by atoms with Crippen molar-refractivity contribution in [2.45, 2.75) is 6.92 Å². The third kappa shape index (κ3) is 3.52. The molecule has 1 aliphatic rings. The van der Waals surface area contributed by atoms with Gasteiger partial charge in [0.25, 0.3) is 0 Å². The lowest BCUT2D eigenvalue weighted by Crippen LogP contribution is -2.27. The lowest BCUT2D eigenvalue weighted by atomic mass is 10.2. The maximum absolute atomic E-state index is 11.8. The molecule has 0 saturated heterocycles. The van der Waals surface area contributed by atoms with Crippen LogP contribution < -0.4 is 16.0 Å². The SMILES string of the molecule is Cc1cccc(NC(=O)NC2=CC=CNC=C2)c1. The molecule has 18 heavy (non-hydrogen) atoms. The Balaban J connectivity index is 1.96. The summed E-state index contributed by atoms with van der Waals surface area (Å²) in [5.74, 6) is 0. The van der Waals surface area contributed by atoms with Gasteiger partial charge in [0.1, 0.15) is 0 Å². The zero-order valence-electron chi connectivity index (χ0n) is 10.1. The lowest BCUT2D eigenvalue weighted by Gasteiger charge is -2.08. The molecule has 2 amide bonds. The van der Waals surface area contributed by atoms with Crippen LogP contribution in [0.1, 0.15) is 5.56 Å². The van der Waals surface area contributed by atoms with Gasteiger partial charge in [-0.15, -0.1) is 0 Å². The number of anilines is 1. The van der Waals surface area contributed by atoms with E-state index in [0.29, 0.717) is 0 Å². The Morgan fingerprint density at radius 1 is 1.22 bits per heavy atom. The third-order valence-corrected chi connectivity index (χ3v) is 2.36. The van der Waals surface area contributed by atoms with Gasteiger partial charge in [-0.3, -0.25) is 0 Å². The van der Waals surface area contributed by atoms with Crippen molar-refractivity contribution in [3.8, 4) is 0 Å². The van der Waals surface area contributed by atoms with E-state index in [1.54, 1.807) is 18.5 Å². The number of carbonyl (C=O) groups excluding carboxylic acids is 1. The lowest BCUT2D eigenvalue weighted by molar-refractivity contribution is 0.254. The van der Waals surface area contributed by atoms with Gasteiger partial charge in [0, 0.05) is 23.8 Å². The molecule has 0 aromatic heterocycles. The highest BCUT2D eigenvalue weighted by atomic mass is 16.2. The summed E-state index contributed by atoms with van der Waals surface area (Å²) in [6.07, 6.45) is 8.95. The first-order valence-corrected chi connectivity index (χ1v) is 5.68. The number of carbonyl (C=O) groups is 1. The molecule has 1 aromatic carbocycles. The van der Waals surface area contributed by atoms with Crippen LogP contribution in [0.2, 0.25) is 0 Å². The molecule has 0 spiro atoms. The van der Waals surface area contributed by atoms with Gasteiger partial charge in [-0.2, -0.15) is 0 Å². The molecule has 3 N–H and O–H groups in total. The van der Waals surface area contributed by atoms with Crippen molar-refractivity contribution in [3.05, 3.63) is 66.2 Å². The Bertz CT molecular complexity index is 530. The van der Waals surface area contributed by atoms with Crippen LogP contribution in [0.4, 0.5) is 10.5 Å². The van der Waals surface area contributed by atoms with Crippen LogP contribution in [-0.2, 0) is 0 Å². The van der Waals surface area contributed by atoms with Crippen molar-refractivity contribution in [2.24, 2.45) is 0 Å². The molecule has 0 radical (unpaired) electrons. The highest BCUT2D eigenvalue weighted by Crippen LogP contribution is 2.09. The quantitative estimate of drug-likeness (QED) is 0.745. The number of amides is 2. The highest BCUT2D eigenvalue weighted by Gasteiger charge is 2.03. The first kappa shape index (κ1) is 12.0. The minimum Gasteiger partial charge on any atom is -0.368 e. The summed E-state index contributed by atoms with van der Waals surface area (Å²) in [6.45, 7) is 1.98. The number of nitrogens with one attached hydrogen (secondary N) is 3. The second-order valence-corrected chi connectivity index (χ2v) is 3.93. The number of benzene rings is 1. The fourth-order valence-corrected chi connectivity index (χ4v) is 1.56. The Morgan fingerprint density at radius 2 is 2.11 bits per heavy atom. The third-order valence-electron chi connectivity index (χ3n) is 2.36. The second-order valence-electron chi connectivity index (χ2n) is 3.93. The summed E-state index contributed by atoms with van der Waals surface area (Å²) in [5.41, 5.74) is 2.61. The smallest absolute Gasteiger partial charge is 0.323 e. The Kier molecular flexibility index (Phi) is 3.81. The molecule has 1 aliphatic heterocycles. The monoisotopic (exact) mass is 241 g/mol. The van der Waals surface area contributed by atoms with Crippen molar-refractivity contribution in [2.75, 3.05) is 5.32 Å². The van der Waals surface area contributed by atoms with Gasteiger partial charge in [0.2, 0.25) is 0 Å². The average Bonchev–Trinajstić information content (AvgIpc) is 2.57. The number of hydrogen-bond acceptors (Lipinski definition) is 2. The Hall–Kier alpha value is -2.49. The normalized spacial score (nSPS) is 13.3. The van der Waals surface area contributed by atoms with E-state index in [-0.39, 0.29) is 6.03 Å². The van der Waals surface area contributed by atoms with E-state index in [9.17, 15) is 4.79 Å². The molecule has 4 nitrogen and oxygen atoms in total. The standard InChI is InChI=1S/C14H15N3O/c1-11-4-2-5-13(10-11)17-14(18)16-12-6-3-8-15-9-7-12/h2-10,15H,1H3,(H2,16,17,18). The summed E-state index contributed by atoms with van der Waals surface area (Å²) < 4.78 is 0. The Morgan fingerprint density at radius 3 is 2.94 bits per heavy atom. The van der Waals surface area contributed by atoms with Gasteiger partial charge in [0.05, 0.1) is 0 Å². The van der Waals surface area contributed by atoms with E-state index < -0.39 is 0 Å². The van der Waals surface area contributed by atoms with E-state index in [0.717, 1.165) is 16.9 Å². The van der Waals surface area contributed by atoms with E-state index >= 15 is 0 Å². The van der Waals surface area contributed by atoms with E-state index in [1.807, 2.05) is 43.3 Å². The maximum Gasteiger partial charge on any atom is 0.323 e. The van der Waals surface area contributed by atoms with Gasteiger partial charge in [-0.25, -0.2) is 4.79 Å². The van der Waals surface area contributed by atoms with Crippen molar-refractivity contribution in [3.63, 3.8) is 0 Å². The zero-order chi connectivity index (χ0) is 12.8. The number of rotatable bonds is 2. The molecule has 2 rings (SSSR count). The largest absolute Gasteiger partial charge is 0.368 e. The number of urea groups is 1. The van der Waals surface area contributed by atoms with Crippen LogP contribution in [0.25, 0.3) is 0 Å². The summed E-state index contributed by atoms with van der Waals surface area (Å²) in [7, 11) is 0. The molecule has 1 aromatic rings. The van der Waals surface area contributed by atoms with E-state index in [1.165, 1.54) is 0 Å². The molecule has 4 heteroatoms. The Labute approximate surface area is 106 Å². The second kappa shape index (κ2) is 5.72. The van der Waals surface area contributed by atoms with Crippen molar-refractivity contribution in [1.82, 2.24) is 10.6 Å². The van der Waals surface area contributed by atoms with Crippen molar-refractivity contribution < 1.29 is 4.79 Å². The van der Waals surface area contributed by atoms with Gasteiger partial charge in [-0.05, 0) is 42.8 Å². The highest BCUT2D eigenvalue weighted by molar-refractivity contribution is 5.90. The van der Waals surface area contributed by atoms with Gasteiger partial charge >= 0.3 is 6.03 Å². The molecule has 0 aliphatic carbocycles. The minimum atomic E-state index is -0.258. The average molecular weight is 241 g/mol. The van der Waals surface area contributed by atoms with E-state index in [2.05, 4.69) is 16.0 Å². The van der Waals surface area contributed by atoms with E-state index in [4.69, 9.17) is 0 Å². The fraction of sp³-hybridized carbons (Fsp3) is 0.0714. The van der Waals surface area contributed by atoms with Gasteiger partial charge < -0.3 is 16.0 Å². The summed E-state index contributed by atoms with van der Waals surface area (Å²) in [4.78, 5) is 11.8. The molecule has 0 atom stereocenters. The topological polar surface area (TPSA) is 53.2 Å². The summed E-state index contributed by atoms with van der Waals surface area (Å²) in [6, 6.07) is 7.40. The number of allylic oxidation sites excluding steroid dienone is 3. The fourth-order valence-electron chi connectivity index (χ4n) is 1.56. The first-order chi connectivity index (χ1) is 8.74. The molecule has 1 heterocycles. The molecular weight excluding hydrogens is 226 g/mol. The molecule has 0 saturated carbocycles. The molecule has 0 fully saturated rings. The maximum atomic E-state index is 11.8. The summed E-state index contributed by atoms with van der Waals surface area (Å²) >= 11 is 0. The number of aryl methyl sites for hydroxylation is 1. The van der Waals surface area contributed by atoms with Crippen LogP contribution in [0, 0.1) is 6.92 Å². The molecule has 0 bridgehead atoms. The molecule has 0 unspecified atom stereocenters. The van der Waals surface area contributed by atoms with Crippen LogP contribution in [0.15, 0.2) is 60.6 Å². The molecular formula is C14H15N3O. The summed E-state index contributed by atoms with van der Waals surface area (Å²) in [5, 5.41) is 8.46. The molecule has 92 valence electrons. The van der Waals surface area contributed by atoms with Crippen molar-refractivity contribution in [1.29, 1.82) is 0 Å². The van der Waals surface area contributed by atoms with Crippen LogP contribution in [-0.4, -0.2) is 6.03 Å². The number of hydrogen-bond donors (Lipinski definition) is 3. The van der Waals surface area contributed by atoms with Gasteiger partial charge in [0.15, 0.2) is 0 Å². The van der Waals surface area contributed by atoms with Crippen LogP contribution in [0.3, 0.4) is 0 Å². The van der Waals surface area contributed by atoms with Crippen molar-refractivity contribution >= 4 is 11.7 Å². The minimum absolute atomic E-state index is 0.258.